The topological polar surface area (TPSA) is 46.2 Å². The lowest BCUT2D eigenvalue weighted by Gasteiger charge is -2.01. The first-order valence-corrected chi connectivity index (χ1v) is 5.02. The summed E-state index contributed by atoms with van der Waals surface area (Å²) in [5.74, 6) is -0.212. The van der Waals surface area contributed by atoms with Gasteiger partial charge in [0.1, 0.15) is 6.29 Å². The predicted molar refractivity (Wildman–Crippen MR) is 67.7 cm³/mol. The minimum Gasteiger partial charge on any atom is -0.345 e. The van der Waals surface area contributed by atoms with Crippen LogP contribution in [0.2, 0.25) is 0 Å². The number of amides is 1. The van der Waals surface area contributed by atoms with Crippen LogP contribution in [0.25, 0.3) is 0 Å². The molecule has 90 valence electrons. The number of carbonyl (C=O) groups is 2. The van der Waals surface area contributed by atoms with E-state index in [0.717, 1.165) is 5.56 Å². The molecule has 0 unspecified atom stereocenters. The highest BCUT2D eigenvalue weighted by Gasteiger charge is 2.02. The van der Waals surface area contributed by atoms with Gasteiger partial charge in [-0.1, -0.05) is 39.0 Å². The van der Waals surface area contributed by atoms with Gasteiger partial charge in [-0.3, -0.25) is 4.79 Å². The van der Waals surface area contributed by atoms with Crippen LogP contribution in [0.5, 0.6) is 0 Å². The Bertz CT molecular complexity index is 321. The summed E-state index contributed by atoms with van der Waals surface area (Å²) in [5.41, 5.74) is 1.61. The molecule has 0 heterocycles. The highest BCUT2D eigenvalue weighted by Crippen LogP contribution is 2.02. The quantitative estimate of drug-likeness (QED) is 0.800. The summed E-state index contributed by atoms with van der Waals surface area (Å²) in [6.07, 6.45) is 0.660. The molecule has 0 aliphatic carbocycles. The van der Waals surface area contributed by atoms with Crippen molar-refractivity contribution in [3.63, 3.8) is 0 Å². The molecule has 3 heteroatoms. The molecule has 0 radical (unpaired) electrons. The van der Waals surface area contributed by atoms with Crippen LogP contribution < -0.4 is 5.32 Å². The van der Waals surface area contributed by atoms with Gasteiger partial charge in [0, 0.05) is 5.56 Å². The molecule has 0 bridgehead atoms. The molecule has 0 aromatic heterocycles. The van der Waals surface area contributed by atoms with Crippen molar-refractivity contribution in [2.24, 2.45) is 0 Å². The molecule has 0 fully saturated rings. The van der Waals surface area contributed by atoms with Crippen molar-refractivity contribution in [2.75, 3.05) is 6.54 Å². The Morgan fingerprint density at radius 3 is 2.50 bits per heavy atom. The van der Waals surface area contributed by atoms with E-state index in [-0.39, 0.29) is 19.9 Å². The van der Waals surface area contributed by atoms with Crippen LogP contribution in [0.1, 0.15) is 37.2 Å². The lowest BCUT2D eigenvalue weighted by Crippen LogP contribution is -2.25. The second-order valence-electron chi connectivity index (χ2n) is 2.75. The average molecular weight is 223 g/mol. The molecule has 16 heavy (non-hydrogen) atoms. The summed E-state index contributed by atoms with van der Waals surface area (Å²) in [5, 5.41) is 2.47. The van der Waals surface area contributed by atoms with Crippen LogP contribution >= 0.6 is 0 Å². The second kappa shape index (κ2) is 9.90. The van der Waals surface area contributed by atoms with E-state index in [1.54, 1.807) is 12.1 Å². The second-order valence-corrected chi connectivity index (χ2v) is 2.75. The first kappa shape index (κ1) is 16.8. The van der Waals surface area contributed by atoms with Crippen molar-refractivity contribution in [3.8, 4) is 0 Å². The van der Waals surface area contributed by atoms with Crippen LogP contribution in [-0.4, -0.2) is 18.7 Å². The predicted octanol–water partition coefficient (Wildman–Crippen LogP) is 2.59. The van der Waals surface area contributed by atoms with Crippen LogP contribution in [-0.2, 0) is 4.79 Å². The normalized spacial score (nSPS) is 7.94. The molecule has 1 aromatic rings. The Morgan fingerprint density at radius 1 is 1.38 bits per heavy atom. The zero-order valence-corrected chi connectivity index (χ0v) is 9.41. The van der Waals surface area contributed by atoms with Gasteiger partial charge < -0.3 is 10.1 Å². The van der Waals surface area contributed by atoms with Gasteiger partial charge in [0.25, 0.3) is 5.91 Å². The smallest absolute Gasteiger partial charge is 0.251 e. The van der Waals surface area contributed by atoms with Gasteiger partial charge in [0.05, 0.1) is 6.54 Å². The zero-order chi connectivity index (χ0) is 11.7. The van der Waals surface area contributed by atoms with Crippen molar-refractivity contribution in [1.29, 1.82) is 0 Å². The summed E-state index contributed by atoms with van der Waals surface area (Å²) in [4.78, 5) is 21.3. The Balaban J connectivity index is 0. The average Bonchev–Trinajstić information content (AvgIpc) is 2.28. The number of hydrogen-bond donors (Lipinski definition) is 1. The Labute approximate surface area is 97.9 Å². The summed E-state index contributed by atoms with van der Waals surface area (Å²) < 4.78 is 0. The van der Waals surface area contributed by atoms with E-state index < -0.39 is 0 Å². The standard InChI is InChI=1S/C10H11NO2.C2H6.CH4/c1-8-3-2-4-9(7-8)10(13)11-5-6-12;1-2;/h2-4,6-7H,5H2,1H3,(H,11,13);1-2H3;1H4. The van der Waals surface area contributed by atoms with E-state index >= 15 is 0 Å². The van der Waals surface area contributed by atoms with Gasteiger partial charge in [0.2, 0.25) is 0 Å². The van der Waals surface area contributed by atoms with Crippen LogP contribution in [0, 0.1) is 6.92 Å². The van der Waals surface area contributed by atoms with E-state index in [1.165, 1.54) is 0 Å². The fraction of sp³-hybridized carbons (Fsp3) is 0.385. The van der Waals surface area contributed by atoms with Crippen molar-refractivity contribution in [2.45, 2.75) is 28.2 Å². The third-order valence-corrected chi connectivity index (χ3v) is 1.63. The Morgan fingerprint density at radius 2 is 2.00 bits per heavy atom. The number of rotatable bonds is 3. The number of nitrogens with one attached hydrogen (secondary N) is 1. The number of hydrogen-bond acceptors (Lipinski definition) is 2. The van der Waals surface area contributed by atoms with Gasteiger partial charge in [-0.2, -0.15) is 0 Å². The molecule has 1 amide bonds. The Hall–Kier alpha value is -1.64. The van der Waals surface area contributed by atoms with Gasteiger partial charge in [-0.15, -0.1) is 0 Å². The monoisotopic (exact) mass is 223 g/mol. The molecular formula is C13H21NO2. The molecule has 1 aromatic carbocycles. The highest BCUT2D eigenvalue weighted by atomic mass is 16.2. The third-order valence-electron chi connectivity index (χ3n) is 1.63. The van der Waals surface area contributed by atoms with Crippen molar-refractivity contribution >= 4 is 12.2 Å². The molecular weight excluding hydrogens is 202 g/mol. The molecule has 1 rings (SSSR count). The maximum Gasteiger partial charge on any atom is 0.251 e. The number of carbonyl (C=O) groups excluding carboxylic acids is 2. The maximum atomic E-state index is 11.3. The minimum atomic E-state index is -0.212. The highest BCUT2D eigenvalue weighted by molar-refractivity contribution is 5.95. The van der Waals surface area contributed by atoms with E-state index in [2.05, 4.69) is 5.32 Å². The summed E-state index contributed by atoms with van der Waals surface area (Å²) in [7, 11) is 0. The van der Waals surface area contributed by atoms with Crippen molar-refractivity contribution in [1.82, 2.24) is 5.32 Å². The molecule has 0 saturated carbocycles. The fourth-order valence-electron chi connectivity index (χ4n) is 1.02. The van der Waals surface area contributed by atoms with E-state index in [9.17, 15) is 9.59 Å². The lowest BCUT2D eigenvalue weighted by molar-refractivity contribution is -0.107. The molecule has 0 spiro atoms. The summed E-state index contributed by atoms with van der Waals surface area (Å²) >= 11 is 0. The molecule has 0 atom stereocenters. The molecule has 0 aliphatic heterocycles. The van der Waals surface area contributed by atoms with E-state index in [1.807, 2.05) is 32.9 Å². The van der Waals surface area contributed by atoms with Gasteiger partial charge in [-0.05, 0) is 19.1 Å². The molecule has 0 saturated heterocycles. The SMILES string of the molecule is C.CC.Cc1cccc(C(=O)NCC=O)c1. The maximum absolute atomic E-state index is 11.3. The first-order chi connectivity index (χ1) is 7.24. The van der Waals surface area contributed by atoms with Crippen molar-refractivity contribution in [3.05, 3.63) is 35.4 Å². The molecule has 1 N–H and O–H groups in total. The lowest BCUT2D eigenvalue weighted by atomic mass is 10.1. The summed E-state index contributed by atoms with van der Waals surface area (Å²) in [6.45, 7) is 5.98. The van der Waals surface area contributed by atoms with Crippen LogP contribution in [0.4, 0.5) is 0 Å². The van der Waals surface area contributed by atoms with Gasteiger partial charge >= 0.3 is 0 Å². The Kier molecular flexibility index (Phi) is 10.4. The van der Waals surface area contributed by atoms with Gasteiger partial charge in [-0.25, -0.2) is 0 Å². The zero-order valence-electron chi connectivity index (χ0n) is 9.41. The number of aryl methyl sites for hydroxylation is 1. The first-order valence-electron chi connectivity index (χ1n) is 5.02. The molecule has 0 aliphatic rings. The van der Waals surface area contributed by atoms with Crippen LogP contribution in [0.3, 0.4) is 0 Å². The van der Waals surface area contributed by atoms with Crippen LogP contribution in [0.15, 0.2) is 24.3 Å². The van der Waals surface area contributed by atoms with Gasteiger partial charge in [0.15, 0.2) is 0 Å². The van der Waals surface area contributed by atoms with E-state index in [4.69, 9.17) is 0 Å². The summed E-state index contributed by atoms with van der Waals surface area (Å²) in [6, 6.07) is 7.22. The molecule has 3 nitrogen and oxygen atoms in total. The fourth-order valence-corrected chi connectivity index (χ4v) is 1.02. The van der Waals surface area contributed by atoms with E-state index in [0.29, 0.717) is 11.8 Å². The van der Waals surface area contributed by atoms with Crippen molar-refractivity contribution < 1.29 is 9.59 Å². The number of benzene rings is 1. The number of aldehydes is 1. The largest absolute Gasteiger partial charge is 0.345 e. The third kappa shape index (κ3) is 5.96. The minimum absolute atomic E-state index is 0.